The molecule has 0 saturated carbocycles. The zero-order chi connectivity index (χ0) is 4.69. The van der Waals surface area contributed by atoms with Gasteiger partial charge in [-0.3, -0.25) is 0 Å². The normalized spacial score (nSPS) is 48.0. The summed E-state index contributed by atoms with van der Waals surface area (Å²) in [6.45, 7) is 6.85. The van der Waals surface area contributed by atoms with Crippen molar-refractivity contribution in [3.8, 4) is 0 Å². The van der Waals surface area contributed by atoms with Crippen molar-refractivity contribution in [2.24, 2.45) is 0 Å². The number of fused-ring (bicyclic) bond motifs is 2. The van der Waals surface area contributed by atoms with E-state index in [2.05, 4.69) is 4.90 Å². The summed E-state index contributed by atoms with van der Waals surface area (Å²) >= 11 is 0. The van der Waals surface area contributed by atoms with Gasteiger partial charge in [-0.1, -0.05) is 0 Å². The summed E-state index contributed by atoms with van der Waals surface area (Å²) in [6, 6.07) is 0. The standard InChI is InChI=1S/C5H10N2/c1-2-7-4-3-6(1)5-7/h1-5H2/p+1. The molecule has 0 spiro atoms. The molecule has 2 saturated heterocycles. The van der Waals surface area contributed by atoms with Crippen molar-refractivity contribution in [2.45, 2.75) is 0 Å². The maximum absolute atomic E-state index is 2.52. The molecule has 0 aromatic rings. The van der Waals surface area contributed by atoms with Crippen LogP contribution in [0.15, 0.2) is 0 Å². The van der Waals surface area contributed by atoms with Gasteiger partial charge in [-0.25, -0.2) is 4.90 Å². The molecule has 0 aromatic carbocycles. The van der Waals surface area contributed by atoms with Crippen molar-refractivity contribution in [1.29, 1.82) is 0 Å². The first-order chi connectivity index (χ1) is 3.45. The van der Waals surface area contributed by atoms with Gasteiger partial charge in [0.15, 0.2) is 0 Å². The van der Waals surface area contributed by atoms with Crippen LogP contribution in [0, 0.1) is 0 Å². The summed E-state index contributed by atoms with van der Waals surface area (Å²) in [5.41, 5.74) is 0. The van der Waals surface area contributed by atoms with E-state index in [1.807, 2.05) is 0 Å². The number of rotatable bonds is 0. The van der Waals surface area contributed by atoms with Gasteiger partial charge in [-0.2, -0.15) is 0 Å². The Hall–Kier alpha value is -0.0800. The summed E-state index contributed by atoms with van der Waals surface area (Å²) < 4.78 is 0. The minimum Gasteiger partial charge on any atom is -0.320 e. The van der Waals surface area contributed by atoms with Crippen LogP contribution in [0.4, 0.5) is 0 Å². The minimum absolute atomic E-state index is 1.33. The molecule has 1 N–H and O–H groups in total. The van der Waals surface area contributed by atoms with Gasteiger partial charge in [0.1, 0.15) is 6.67 Å². The second-order valence-electron chi connectivity index (χ2n) is 2.53. The van der Waals surface area contributed by atoms with Crippen LogP contribution in [0.1, 0.15) is 0 Å². The number of hydrogen-bond acceptors (Lipinski definition) is 1. The topological polar surface area (TPSA) is 7.68 Å². The zero-order valence-electron chi connectivity index (χ0n) is 4.48. The number of piperazine rings is 1. The Morgan fingerprint density at radius 1 is 1.14 bits per heavy atom. The predicted molar refractivity (Wildman–Crippen MR) is 27.1 cm³/mol. The number of hydrogen-bond donors (Lipinski definition) is 1. The third kappa shape index (κ3) is 0.469. The lowest BCUT2D eigenvalue weighted by atomic mass is 10.4. The molecule has 0 aliphatic carbocycles. The van der Waals surface area contributed by atoms with Crippen LogP contribution >= 0.6 is 0 Å². The van der Waals surface area contributed by atoms with Crippen molar-refractivity contribution in [3.63, 3.8) is 0 Å². The van der Waals surface area contributed by atoms with Crippen molar-refractivity contribution in [3.05, 3.63) is 0 Å². The molecule has 0 unspecified atom stereocenters. The second kappa shape index (κ2) is 1.20. The first-order valence-corrected chi connectivity index (χ1v) is 3.01. The molecule has 0 radical (unpaired) electrons. The van der Waals surface area contributed by atoms with Crippen molar-refractivity contribution < 1.29 is 4.90 Å². The summed E-state index contributed by atoms with van der Waals surface area (Å²) in [7, 11) is 0. The summed E-state index contributed by atoms with van der Waals surface area (Å²) in [5, 5.41) is 0. The first kappa shape index (κ1) is 3.87. The van der Waals surface area contributed by atoms with Crippen LogP contribution in [0.2, 0.25) is 0 Å². The Labute approximate surface area is 43.7 Å². The Morgan fingerprint density at radius 3 is 2.00 bits per heavy atom. The molecule has 2 heteroatoms. The Bertz CT molecular complexity index is 64.1. The van der Waals surface area contributed by atoms with Crippen LogP contribution in [0.25, 0.3) is 0 Å². The lowest BCUT2D eigenvalue weighted by Gasteiger charge is -2.06. The molecule has 2 fully saturated rings. The monoisotopic (exact) mass is 99.1 g/mol. The highest BCUT2D eigenvalue weighted by Gasteiger charge is 2.29. The fraction of sp³-hybridized carbons (Fsp3) is 1.00. The van der Waals surface area contributed by atoms with Gasteiger partial charge in [0.2, 0.25) is 0 Å². The Kier molecular flexibility index (Phi) is 0.664. The highest BCUT2D eigenvalue weighted by Crippen LogP contribution is 1.91. The van der Waals surface area contributed by atoms with Crippen LogP contribution in [-0.2, 0) is 0 Å². The molecule has 2 bridgehead atoms. The molecule has 0 atom stereocenters. The molecule has 2 rings (SSSR count). The van der Waals surface area contributed by atoms with Gasteiger partial charge < -0.3 is 4.90 Å². The summed E-state index contributed by atoms with van der Waals surface area (Å²) in [5.74, 6) is 0. The lowest BCUT2D eigenvalue weighted by Crippen LogP contribution is -3.09. The zero-order valence-corrected chi connectivity index (χ0v) is 4.48. The average molecular weight is 99.2 g/mol. The smallest absolute Gasteiger partial charge is 0.133 e. The van der Waals surface area contributed by atoms with E-state index in [9.17, 15) is 0 Å². The predicted octanol–water partition coefficient (Wildman–Crippen LogP) is -1.84. The van der Waals surface area contributed by atoms with Crippen molar-refractivity contribution in [1.82, 2.24) is 4.90 Å². The van der Waals surface area contributed by atoms with E-state index in [0.717, 1.165) is 0 Å². The molecular weight excluding hydrogens is 88.1 g/mol. The van der Waals surface area contributed by atoms with E-state index >= 15 is 0 Å². The number of nitrogens with one attached hydrogen (secondary N) is 1. The lowest BCUT2D eigenvalue weighted by molar-refractivity contribution is -0.878. The van der Waals surface area contributed by atoms with Crippen LogP contribution in [0.5, 0.6) is 0 Å². The first-order valence-electron chi connectivity index (χ1n) is 3.01. The van der Waals surface area contributed by atoms with E-state index in [0.29, 0.717) is 0 Å². The summed E-state index contributed by atoms with van der Waals surface area (Å²) in [4.78, 5) is 4.31. The molecule has 2 aliphatic rings. The van der Waals surface area contributed by atoms with Gasteiger partial charge in [0, 0.05) is 0 Å². The third-order valence-electron chi connectivity index (χ3n) is 2.01. The van der Waals surface area contributed by atoms with E-state index in [1.165, 1.54) is 32.8 Å². The van der Waals surface area contributed by atoms with Gasteiger partial charge in [-0.15, -0.1) is 0 Å². The Balaban J connectivity index is 2.12. The minimum atomic E-state index is 1.33. The van der Waals surface area contributed by atoms with E-state index in [4.69, 9.17) is 0 Å². The molecule has 7 heavy (non-hydrogen) atoms. The van der Waals surface area contributed by atoms with Gasteiger partial charge in [0.05, 0.1) is 26.2 Å². The van der Waals surface area contributed by atoms with Crippen LogP contribution in [-0.4, -0.2) is 37.7 Å². The van der Waals surface area contributed by atoms with Crippen LogP contribution < -0.4 is 4.90 Å². The highest BCUT2D eigenvalue weighted by atomic mass is 15.4. The van der Waals surface area contributed by atoms with Gasteiger partial charge >= 0.3 is 0 Å². The molecular formula is C5H11N2+. The van der Waals surface area contributed by atoms with E-state index < -0.39 is 0 Å². The SMILES string of the molecule is C1C[NH+]2CCN1C2. The second-order valence-corrected chi connectivity index (χ2v) is 2.53. The van der Waals surface area contributed by atoms with Gasteiger partial charge in [-0.05, 0) is 0 Å². The molecule has 0 amide bonds. The van der Waals surface area contributed by atoms with Crippen molar-refractivity contribution >= 4 is 0 Å². The molecule has 2 heterocycles. The van der Waals surface area contributed by atoms with Crippen molar-refractivity contribution in [2.75, 3.05) is 32.8 Å². The number of nitrogens with zero attached hydrogens (tertiary/aromatic N) is 1. The third-order valence-corrected chi connectivity index (χ3v) is 2.01. The fourth-order valence-electron chi connectivity index (χ4n) is 1.50. The van der Waals surface area contributed by atoms with E-state index in [1.54, 1.807) is 4.90 Å². The average Bonchev–Trinajstić information content (AvgIpc) is 2.22. The fourth-order valence-corrected chi connectivity index (χ4v) is 1.50. The van der Waals surface area contributed by atoms with E-state index in [-0.39, 0.29) is 0 Å². The maximum atomic E-state index is 2.52. The molecule has 40 valence electrons. The molecule has 2 nitrogen and oxygen atoms in total. The maximum Gasteiger partial charge on any atom is 0.133 e. The molecule has 2 aliphatic heterocycles. The Morgan fingerprint density at radius 2 is 1.86 bits per heavy atom. The molecule has 0 aromatic heterocycles. The van der Waals surface area contributed by atoms with Crippen LogP contribution in [0.3, 0.4) is 0 Å². The van der Waals surface area contributed by atoms with Gasteiger partial charge in [0.25, 0.3) is 0 Å². The largest absolute Gasteiger partial charge is 0.320 e. The quantitative estimate of drug-likeness (QED) is 0.375. The highest BCUT2D eigenvalue weighted by molar-refractivity contribution is 4.61. The number of quaternary nitrogens is 1. The summed E-state index contributed by atoms with van der Waals surface area (Å²) in [6.07, 6.45) is 0.